The van der Waals surface area contributed by atoms with E-state index in [1.54, 1.807) is 30.3 Å². The van der Waals surface area contributed by atoms with Gasteiger partial charge in [0, 0.05) is 5.25 Å². The molecular formula is C17H17NO3S3. The highest BCUT2D eigenvalue weighted by molar-refractivity contribution is 8.00. The zero-order valence-corrected chi connectivity index (χ0v) is 15.7. The number of aromatic nitrogens is 1. The van der Waals surface area contributed by atoms with Crippen LogP contribution < -0.4 is 0 Å². The topological polar surface area (TPSA) is 60.2 Å². The predicted octanol–water partition coefficient (Wildman–Crippen LogP) is 5.13. The summed E-state index contributed by atoms with van der Waals surface area (Å²) in [6.07, 6.45) is 0.907. The van der Waals surface area contributed by atoms with Crippen LogP contribution in [0.25, 0.3) is 10.8 Å². The van der Waals surface area contributed by atoms with Gasteiger partial charge in [-0.2, -0.15) is 4.98 Å². The molecule has 0 saturated heterocycles. The van der Waals surface area contributed by atoms with Crippen LogP contribution in [0.1, 0.15) is 20.3 Å². The first-order valence-electron chi connectivity index (χ1n) is 7.54. The molecule has 3 aromatic rings. The van der Waals surface area contributed by atoms with Crippen LogP contribution in [-0.4, -0.2) is 18.7 Å². The van der Waals surface area contributed by atoms with Crippen molar-refractivity contribution in [2.24, 2.45) is 0 Å². The molecule has 1 atom stereocenters. The summed E-state index contributed by atoms with van der Waals surface area (Å²) in [6, 6.07) is 12.1. The number of hydrogen-bond donors (Lipinski definition) is 0. The molecule has 0 aliphatic rings. The van der Waals surface area contributed by atoms with E-state index in [9.17, 15) is 8.42 Å². The van der Waals surface area contributed by atoms with E-state index in [4.69, 9.17) is 4.42 Å². The maximum Gasteiger partial charge on any atom is 0.238 e. The molecule has 0 aliphatic heterocycles. The first kappa shape index (κ1) is 17.3. The molecule has 0 aliphatic carbocycles. The molecule has 7 heteroatoms. The number of nitrogens with zero attached hydrogens (tertiary/aromatic N) is 1. The van der Waals surface area contributed by atoms with Gasteiger partial charge >= 0.3 is 0 Å². The predicted molar refractivity (Wildman–Crippen MR) is 97.3 cm³/mol. The van der Waals surface area contributed by atoms with E-state index in [0.717, 1.165) is 11.3 Å². The highest BCUT2D eigenvalue weighted by Crippen LogP contribution is 2.38. The van der Waals surface area contributed by atoms with Gasteiger partial charge in [-0.05, 0) is 30.0 Å². The molecule has 0 fully saturated rings. The molecule has 0 spiro atoms. The number of thioether (sulfide) groups is 1. The Balaban J connectivity index is 2.11. The van der Waals surface area contributed by atoms with Crippen molar-refractivity contribution in [1.29, 1.82) is 0 Å². The van der Waals surface area contributed by atoms with Gasteiger partial charge < -0.3 is 4.42 Å². The van der Waals surface area contributed by atoms with Crippen molar-refractivity contribution < 1.29 is 12.8 Å². The smallest absolute Gasteiger partial charge is 0.238 e. The lowest BCUT2D eigenvalue weighted by Gasteiger charge is -2.07. The molecule has 4 nitrogen and oxygen atoms in total. The SMILES string of the molecule is CCC(C)Sc1oc(-c2cccs2)nc1S(=O)(=O)c1ccccc1. The van der Waals surface area contributed by atoms with E-state index >= 15 is 0 Å². The van der Waals surface area contributed by atoms with Crippen molar-refractivity contribution >= 4 is 32.9 Å². The molecular weight excluding hydrogens is 362 g/mol. The van der Waals surface area contributed by atoms with E-state index in [1.807, 2.05) is 24.4 Å². The van der Waals surface area contributed by atoms with Crippen molar-refractivity contribution in [3.05, 3.63) is 47.8 Å². The van der Waals surface area contributed by atoms with Gasteiger partial charge in [0.15, 0.2) is 0 Å². The van der Waals surface area contributed by atoms with E-state index in [2.05, 4.69) is 11.9 Å². The Labute approximate surface area is 149 Å². The summed E-state index contributed by atoms with van der Waals surface area (Å²) in [5, 5.41) is 2.50. The summed E-state index contributed by atoms with van der Waals surface area (Å²) >= 11 is 2.87. The van der Waals surface area contributed by atoms with Crippen molar-refractivity contribution in [3.63, 3.8) is 0 Å². The maximum absolute atomic E-state index is 13.0. The van der Waals surface area contributed by atoms with Gasteiger partial charge in [0.05, 0.1) is 9.77 Å². The van der Waals surface area contributed by atoms with Gasteiger partial charge in [-0.25, -0.2) is 8.42 Å². The van der Waals surface area contributed by atoms with Crippen LogP contribution >= 0.6 is 23.1 Å². The Morgan fingerprint density at radius 3 is 2.58 bits per heavy atom. The van der Waals surface area contributed by atoms with Gasteiger partial charge in [0.1, 0.15) is 0 Å². The molecule has 0 N–H and O–H groups in total. The van der Waals surface area contributed by atoms with Crippen LogP contribution in [0.5, 0.6) is 0 Å². The Morgan fingerprint density at radius 1 is 1.21 bits per heavy atom. The summed E-state index contributed by atoms with van der Waals surface area (Å²) in [4.78, 5) is 5.36. The molecule has 0 radical (unpaired) electrons. The van der Waals surface area contributed by atoms with Crippen LogP contribution in [-0.2, 0) is 9.84 Å². The van der Waals surface area contributed by atoms with Crippen LogP contribution in [0, 0.1) is 0 Å². The molecule has 0 bridgehead atoms. The fourth-order valence-electron chi connectivity index (χ4n) is 2.02. The molecule has 1 aromatic carbocycles. The van der Waals surface area contributed by atoms with E-state index in [1.165, 1.54) is 23.1 Å². The molecule has 0 amide bonds. The molecule has 24 heavy (non-hydrogen) atoms. The second-order valence-electron chi connectivity index (χ2n) is 5.24. The van der Waals surface area contributed by atoms with Crippen LogP contribution in [0.4, 0.5) is 0 Å². The molecule has 0 saturated carbocycles. The third-order valence-corrected chi connectivity index (χ3v) is 7.38. The van der Waals surface area contributed by atoms with Crippen LogP contribution in [0.3, 0.4) is 0 Å². The lowest BCUT2D eigenvalue weighted by Crippen LogP contribution is -2.04. The Morgan fingerprint density at radius 2 is 1.96 bits per heavy atom. The first-order valence-corrected chi connectivity index (χ1v) is 10.8. The van der Waals surface area contributed by atoms with Crippen molar-refractivity contribution in [3.8, 4) is 10.8 Å². The molecule has 126 valence electrons. The lowest BCUT2D eigenvalue weighted by molar-refractivity contribution is 0.470. The number of oxazole rings is 1. The minimum atomic E-state index is -3.71. The highest BCUT2D eigenvalue weighted by atomic mass is 32.2. The Bertz CT molecular complexity index is 900. The summed E-state index contributed by atoms with van der Waals surface area (Å²) < 4.78 is 31.8. The molecule has 2 aromatic heterocycles. The zero-order valence-electron chi connectivity index (χ0n) is 13.3. The van der Waals surface area contributed by atoms with E-state index in [0.29, 0.717) is 11.0 Å². The molecule has 1 unspecified atom stereocenters. The molecule has 2 heterocycles. The number of rotatable bonds is 6. The summed E-state index contributed by atoms with van der Waals surface area (Å²) in [5.74, 6) is 0.352. The van der Waals surface area contributed by atoms with Crippen molar-refractivity contribution in [2.75, 3.05) is 0 Å². The second-order valence-corrected chi connectivity index (χ2v) is 9.47. The minimum absolute atomic E-state index is 0.00222. The minimum Gasteiger partial charge on any atom is -0.428 e. The summed E-state index contributed by atoms with van der Waals surface area (Å²) in [6.45, 7) is 4.09. The highest BCUT2D eigenvalue weighted by Gasteiger charge is 2.29. The van der Waals surface area contributed by atoms with Gasteiger partial charge in [0.25, 0.3) is 0 Å². The van der Waals surface area contributed by atoms with Crippen LogP contribution in [0.2, 0.25) is 0 Å². The first-order chi connectivity index (χ1) is 11.5. The molecule has 3 rings (SSSR count). The van der Waals surface area contributed by atoms with Crippen molar-refractivity contribution in [2.45, 2.75) is 40.5 Å². The van der Waals surface area contributed by atoms with Gasteiger partial charge in [-0.15, -0.1) is 11.3 Å². The van der Waals surface area contributed by atoms with E-state index < -0.39 is 9.84 Å². The number of sulfone groups is 1. The van der Waals surface area contributed by atoms with Gasteiger partial charge in [0.2, 0.25) is 25.8 Å². The lowest BCUT2D eigenvalue weighted by atomic mass is 10.4. The third-order valence-electron chi connectivity index (χ3n) is 3.49. The fraction of sp³-hybridized carbons (Fsp3) is 0.235. The normalized spacial score (nSPS) is 13.1. The fourth-order valence-corrected chi connectivity index (χ4v) is 5.15. The second kappa shape index (κ2) is 7.13. The third kappa shape index (κ3) is 3.43. The number of thiophene rings is 1. The zero-order chi connectivity index (χ0) is 17.2. The van der Waals surface area contributed by atoms with Crippen LogP contribution in [0.15, 0.2) is 67.3 Å². The average molecular weight is 380 g/mol. The average Bonchev–Trinajstić information content (AvgIpc) is 3.25. The maximum atomic E-state index is 13.0. The van der Waals surface area contributed by atoms with Gasteiger partial charge in [-0.3, -0.25) is 0 Å². The summed E-state index contributed by atoms with van der Waals surface area (Å²) in [5.41, 5.74) is 0. The monoisotopic (exact) mass is 379 g/mol. The number of hydrogen-bond acceptors (Lipinski definition) is 6. The van der Waals surface area contributed by atoms with Gasteiger partial charge in [-0.1, -0.05) is 49.9 Å². The standard InChI is InChI=1S/C17H17NO3S3/c1-3-12(2)23-17-16(18-15(21-17)14-10-7-11-22-14)24(19,20)13-8-5-4-6-9-13/h4-12H,3H2,1-2H3. The van der Waals surface area contributed by atoms with E-state index in [-0.39, 0.29) is 15.2 Å². The quantitative estimate of drug-likeness (QED) is 0.556. The summed E-state index contributed by atoms with van der Waals surface area (Å²) in [7, 11) is -3.71. The Kier molecular flexibility index (Phi) is 5.12. The largest absolute Gasteiger partial charge is 0.428 e. The number of benzene rings is 1. The Hall–Kier alpha value is -1.57. The van der Waals surface area contributed by atoms with Crippen molar-refractivity contribution in [1.82, 2.24) is 4.98 Å².